The van der Waals surface area contributed by atoms with Crippen molar-refractivity contribution in [2.24, 2.45) is 0 Å². The van der Waals surface area contributed by atoms with E-state index in [-0.39, 0.29) is 5.25 Å². The minimum Gasteiger partial charge on any atom is -0.169 e. The Bertz CT molecular complexity index is 195. The third-order valence-electron chi connectivity index (χ3n) is 0.899. The second-order valence-electron chi connectivity index (χ2n) is 1.84. The van der Waals surface area contributed by atoms with E-state index in [1.807, 2.05) is 13.8 Å². The third kappa shape index (κ3) is 1.66. The average Bonchev–Trinajstić information content (AvgIpc) is 2.14. The molecule has 0 amide bonds. The molecule has 0 aliphatic rings. The molecule has 0 aliphatic heterocycles. The van der Waals surface area contributed by atoms with Gasteiger partial charge in [-0.1, -0.05) is 0 Å². The Morgan fingerprint density at radius 1 is 1.56 bits per heavy atom. The van der Waals surface area contributed by atoms with Crippen LogP contribution in [0.3, 0.4) is 0 Å². The lowest BCUT2D eigenvalue weighted by molar-refractivity contribution is 0.956. The van der Waals surface area contributed by atoms with Crippen molar-refractivity contribution in [3.8, 4) is 0 Å². The van der Waals surface area contributed by atoms with Crippen LogP contribution in [0.15, 0.2) is 0 Å². The summed E-state index contributed by atoms with van der Waals surface area (Å²) in [5.74, 6) is 0. The smallest absolute Gasteiger partial charge is 0.129 e. The van der Waals surface area contributed by atoms with Gasteiger partial charge >= 0.3 is 0 Å². The summed E-state index contributed by atoms with van der Waals surface area (Å²) >= 11 is 5.81. The van der Waals surface area contributed by atoms with Crippen LogP contribution in [0.25, 0.3) is 0 Å². The van der Waals surface area contributed by atoms with Crippen LogP contribution in [0.1, 0.15) is 22.2 Å². The predicted molar refractivity (Wildman–Crippen MR) is 42.0 cm³/mol. The molecule has 0 fully saturated rings. The zero-order valence-corrected chi connectivity index (χ0v) is 7.04. The minimum absolute atomic E-state index is 0.219. The quantitative estimate of drug-likeness (QED) is 0.634. The molecule has 0 spiro atoms. The molecule has 1 aromatic heterocycles. The van der Waals surface area contributed by atoms with Crippen LogP contribution in [0, 0.1) is 6.92 Å². The van der Waals surface area contributed by atoms with Crippen molar-refractivity contribution in [3.05, 3.63) is 10.0 Å². The van der Waals surface area contributed by atoms with Gasteiger partial charge in [-0.2, -0.15) is 12.6 Å². The summed E-state index contributed by atoms with van der Waals surface area (Å²) in [6.07, 6.45) is 0. The molecule has 0 aromatic carbocycles. The molecule has 1 atom stereocenters. The van der Waals surface area contributed by atoms with E-state index >= 15 is 0 Å². The Morgan fingerprint density at radius 2 is 2.22 bits per heavy atom. The Morgan fingerprint density at radius 3 is 2.44 bits per heavy atom. The molecule has 50 valence electrons. The number of thiol groups is 1. The second kappa shape index (κ2) is 2.66. The molecule has 0 radical (unpaired) electrons. The van der Waals surface area contributed by atoms with Crippen molar-refractivity contribution < 1.29 is 0 Å². The number of aromatic nitrogens is 2. The number of aryl methyl sites for hydroxylation is 1. The second-order valence-corrected chi connectivity index (χ2v) is 3.82. The Labute approximate surface area is 63.7 Å². The summed E-state index contributed by atoms with van der Waals surface area (Å²) in [4.78, 5) is 0. The Kier molecular flexibility index (Phi) is 2.08. The first-order valence-electron chi connectivity index (χ1n) is 2.68. The highest BCUT2D eigenvalue weighted by molar-refractivity contribution is 7.80. The lowest BCUT2D eigenvalue weighted by atomic mass is 10.5. The van der Waals surface area contributed by atoms with Gasteiger partial charge in [0.2, 0.25) is 0 Å². The summed E-state index contributed by atoms with van der Waals surface area (Å²) in [5, 5.41) is 9.99. The first-order valence-corrected chi connectivity index (χ1v) is 4.01. The van der Waals surface area contributed by atoms with E-state index in [0.29, 0.717) is 0 Å². The first kappa shape index (κ1) is 7.02. The molecule has 1 aromatic rings. The van der Waals surface area contributed by atoms with Gasteiger partial charge in [0.15, 0.2) is 0 Å². The van der Waals surface area contributed by atoms with E-state index in [1.165, 1.54) is 0 Å². The summed E-state index contributed by atoms with van der Waals surface area (Å²) in [7, 11) is 0. The molecule has 9 heavy (non-hydrogen) atoms. The zero-order chi connectivity index (χ0) is 6.85. The maximum Gasteiger partial charge on any atom is 0.129 e. The van der Waals surface area contributed by atoms with E-state index in [0.717, 1.165) is 10.0 Å². The zero-order valence-electron chi connectivity index (χ0n) is 5.33. The van der Waals surface area contributed by atoms with E-state index in [4.69, 9.17) is 0 Å². The molecule has 0 bridgehead atoms. The molecule has 4 heteroatoms. The molecule has 0 aliphatic carbocycles. The van der Waals surface area contributed by atoms with Crippen molar-refractivity contribution >= 4 is 24.0 Å². The molecular weight excluding hydrogens is 152 g/mol. The van der Waals surface area contributed by atoms with Gasteiger partial charge in [0.05, 0.1) is 5.25 Å². The molecule has 0 saturated heterocycles. The van der Waals surface area contributed by atoms with Crippen molar-refractivity contribution in [2.75, 3.05) is 0 Å². The molecule has 1 rings (SSSR count). The van der Waals surface area contributed by atoms with Crippen LogP contribution >= 0.6 is 24.0 Å². The van der Waals surface area contributed by atoms with E-state index in [9.17, 15) is 0 Å². The summed E-state index contributed by atoms with van der Waals surface area (Å²) in [5.41, 5.74) is 0. The Hall–Kier alpha value is -0.0900. The van der Waals surface area contributed by atoms with Crippen molar-refractivity contribution in [1.29, 1.82) is 0 Å². The monoisotopic (exact) mass is 160 g/mol. The van der Waals surface area contributed by atoms with Crippen molar-refractivity contribution in [1.82, 2.24) is 10.2 Å². The normalized spacial score (nSPS) is 13.7. The number of nitrogens with zero attached hydrogens (tertiary/aromatic N) is 2. The minimum atomic E-state index is 0.219. The van der Waals surface area contributed by atoms with Gasteiger partial charge in [0.25, 0.3) is 0 Å². The van der Waals surface area contributed by atoms with Gasteiger partial charge in [-0.25, -0.2) is 0 Å². The number of hydrogen-bond acceptors (Lipinski definition) is 4. The van der Waals surface area contributed by atoms with Gasteiger partial charge in [-0.05, 0) is 13.8 Å². The number of rotatable bonds is 1. The summed E-state index contributed by atoms with van der Waals surface area (Å²) in [6, 6.07) is 0. The standard InChI is InChI=1S/C5H8N2S2/c1-3(8)5-7-6-4(2)9-5/h3,8H,1-2H3. The first-order chi connectivity index (χ1) is 4.20. The maximum absolute atomic E-state index is 4.21. The fourth-order valence-corrected chi connectivity index (χ4v) is 1.33. The Balaban J connectivity index is 2.85. The van der Waals surface area contributed by atoms with Gasteiger partial charge in [0.1, 0.15) is 10.0 Å². The van der Waals surface area contributed by atoms with Crippen molar-refractivity contribution in [3.63, 3.8) is 0 Å². The molecule has 0 saturated carbocycles. The van der Waals surface area contributed by atoms with E-state index < -0.39 is 0 Å². The maximum atomic E-state index is 4.21. The van der Waals surface area contributed by atoms with Gasteiger partial charge < -0.3 is 0 Å². The predicted octanol–water partition coefficient (Wildman–Crippen LogP) is 1.84. The van der Waals surface area contributed by atoms with E-state index in [2.05, 4.69) is 22.8 Å². The average molecular weight is 160 g/mol. The van der Waals surface area contributed by atoms with Crippen LogP contribution in [0.4, 0.5) is 0 Å². The highest BCUT2D eigenvalue weighted by Gasteiger charge is 2.03. The fourth-order valence-electron chi connectivity index (χ4n) is 0.481. The molecule has 1 unspecified atom stereocenters. The highest BCUT2D eigenvalue weighted by atomic mass is 32.1. The van der Waals surface area contributed by atoms with Crippen LogP contribution < -0.4 is 0 Å². The molecule has 0 N–H and O–H groups in total. The van der Waals surface area contributed by atoms with Gasteiger partial charge in [-0.3, -0.25) is 0 Å². The van der Waals surface area contributed by atoms with Gasteiger partial charge in [0, 0.05) is 0 Å². The molecular formula is C5H8N2S2. The van der Waals surface area contributed by atoms with Gasteiger partial charge in [-0.15, -0.1) is 21.5 Å². The lowest BCUT2D eigenvalue weighted by Crippen LogP contribution is -1.80. The van der Waals surface area contributed by atoms with E-state index in [1.54, 1.807) is 11.3 Å². The van der Waals surface area contributed by atoms with Crippen molar-refractivity contribution in [2.45, 2.75) is 19.1 Å². The lowest BCUT2D eigenvalue weighted by Gasteiger charge is -1.91. The van der Waals surface area contributed by atoms with Crippen LogP contribution in [-0.2, 0) is 0 Å². The molecule has 2 nitrogen and oxygen atoms in total. The fraction of sp³-hybridized carbons (Fsp3) is 0.600. The summed E-state index contributed by atoms with van der Waals surface area (Å²) < 4.78 is 0. The largest absolute Gasteiger partial charge is 0.169 e. The SMILES string of the molecule is Cc1nnc(C(C)S)s1. The van der Waals surface area contributed by atoms with Crippen LogP contribution in [0.5, 0.6) is 0 Å². The molecule has 1 heterocycles. The van der Waals surface area contributed by atoms with Crippen LogP contribution in [-0.4, -0.2) is 10.2 Å². The third-order valence-corrected chi connectivity index (χ3v) is 2.34. The summed E-state index contributed by atoms with van der Waals surface area (Å²) in [6.45, 7) is 3.93. The van der Waals surface area contributed by atoms with Crippen LogP contribution in [0.2, 0.25) is 0 Å². The highest BCUT2D eigenvalue weighted by Crippen LogP contribution is 2.21. The number of hydrogen-bond donors (Lipinski definition) is 1. The topological polar surface area (TPSA) is 25.8 Å².